The molecule has 6 heavy (non-hydrogen) atoms. The van der Waals surface area contributed by atoms with Crippen LogP contribution in [0.5, 0.6) is 0 Å². The van der Waals surface area contributed by atoms with Gasteiger partial charge < -0.3 is 5.11 Å². The second-order valence-corrected chi connectivity index (χ2v) is 0.574. The van der Waals surface area contributed by atoms with Crippen LogP contribution in [0, 0.1) is 6.54 Å². The third kappa shape index (κ3) is 8.90. The van der Waals surface area contributed by atoms with E-state index >= 15 is 0 Å². The molecule has 0 radical (unpaired) electrons. The van der Waals surface area contributed by atoms with Crippen molar-refractivity contribution in [2.24, 2.45) is 10.2 Å². The van der Waals surface area contributed by atoms with Crippen LogP contribution in [0.2, 0.25) is 0 Å². The van der Waals surface area contributed by atoms with Gasteiger partial charge in [0.25, 0.3) is 0 Å². The number of azo groups is 1. The molecule has 0 aliphatic carbocycles. The smallest absolute Gasteiger partial charge is 0.0458 e. The van der Waals surface area contributed by atoms with Crippen LogP contribution >= 0.6 is 0 Å². The van der Waals surface area contributed by atoms with E-state index in [0.717, 1.165) is 0 Å². The van der Waals surface area contributed by atoms with E-state index < -0.39 is 0 Å². The number of rotatable bonds is 1. The van der Waals surface area contributed by atoms with Gasteiger partial charge in [-0.15, -0.1) is 0 Å². The van der Waals surface area contributed by atoms with Crippen molar-refractivity contribution in [1.29, 1.82) is 0 Å². The fraction of sp³-hybridized carbons (Fsp3) is 0.667. The van der Waals surface area contributed by atoms with Gasteiger partial charge in [-0.1, -0.05) is 0 Å². The molecule has 0 spiro atoms. The molecule has 0 bridgehead atoms. The predicted octanol–water partition coefficient (Wildman–Crippen LogP) is 1.25. The van der Waals surface area contributed by atoms with Gasteiger partial charge in [0.2, 0.25) is 0 Å². The van der Waals surface area contributed by atoms with Gasteiger partial charge in [0, 0.05) is 28.1 Å². The zero-order chi connectivity index (χ0) is 4.12. The molecule has 36 valence electrons. The van der Waals surface area contributed by atoms with E-state index in [0.29, 0.717) is 0 Å². The Morgan fingerprint density at radius 2 is 2.00 bits per heavy atom. The van der Waals surface area contributed by atoms with Crippen molar-refractivity contribution in [2.75, 3.05) is 7.05 Å². The Morgan fingerprint density at radius 1 is 1.50 bits per heavy atom. The summed E-state index contributed by atoms with van der Waals surface area (Å²) >= 11 is 0. The Kier molecular flexibility index (Phi) is 14.1. The maximum absolute atomic E-state index is 3.47. The van der Waals surface area contributed by atoms with Crippen LogP contribution in [0.4, 0.5) is 0 Å². The molecular weight excluding hydrogens is 248 g/mol. The van der Waals surface area contributed by atoms with Gasteiger partial charge in [-0.05, 0) is 0 Å². The predicted molar refractivity (Wildman–Crippen MR) is 20.8 cm³/mol. The topological polar surface area (TPSA) is 24.7 Å². The van der Waals surface area contributed by atoms with E-state index in [1.54, 1.807) is 13.6 Å². The molecular formula is C3H7N2W-. The van der Waals surface area contributed by atoms with Crippen LogP contribution in [0.15, 0.2) is 10.2 Å². The number of hydrogen-bond donors (Lipinski definition) is 0. The average molecular weight is 255 g/mol. The van der Waals surface area contributed by atoms with Crippen molar-refractivity contribution in [3.8, 4) is 0 Å². The summed E-state index contributed by atoms with van der Waals surface area (Å²) in [6.07, 6.45) is 0. The molecule has 0 atom stereocenters. The van der Waals surface area contributed by atoms with Crippen LogP contribution in [-0.2, 0) is 21.1 Å². The third-order valence-corrected chi connectivity index (χ3v) is 0.231. The maximum Gasteiger partial charge on any atom is 0.0458 e. The first kappa shape index (κ1) is 9.48. The largest absolute Gasteiger partial charge is 0.356 e. The minimum atomic E-state index is 0. The second kappa shape index (κ2) is 8.94. The van der Waals surface area contributed by atoms with E-state index in [2.05, 4.69) is 10.2 Å². The van der Waals surface area contributed by atoms with E-state index in [9.17, 15) is 0 Å². The quantitative estimate of drug-likeness (QED) is 0.497. The minimum Gasteiger partial charge on any atom is -0.356 e. The Hall–Kier alpha value is 0.158. The summed E-state index contributed by atoms with van der Waals surface area (Å²) < 4.78 is 0. The molecule has 0 heterocycles. The van der Waals surface area contributed by atoms with Crippen LogP contribution in [0.25, 0.3) is 0 Å². The molecule has 0 saturated heterocycles. The van der Waals surface area contributed by atoms with Crippen LogP contribution in [0.1, 0.15) is 6.92 Å². The first-order valence-corrected chi connectivity index (χ1v) is 1.48. The fourth-order valence-corrected chi connectivity index (χ4v) is 0.115. The average Bonchev–Trinajstić information content (AvgIpc) is 1.41. The van der Waals surface area contributed by atoms with E-state index in [1.807, 2.05) is 6.92 Å². The molecule has 0 saturated carbocycles. The summed E-state index contributed by atoms with van der Waals surface area (Å²) in [5.41, 5.74) is 0. The molecule has 0 aliphatic heterocycles. The fourth-order valence-electron chi connectivity index (χ4n) is 0.115. The molecule has 0 amide bonds. The van der Waals surface area contributed by atoms with Crippen LogP contribution in [-0.4, -0.2) is 7.05 Å². The monoisotopic (exact) mass is 255 g/mol. The van der Waals surface area contributed by atoms with Crippen molar-refractivity contribution in [1.82, 2.24) is 0 Å². The first-order chi connectivity index (χ1) is 2.41. The Morgan fingerprint density at radius 3 is 2.00 bits per heavy atom. The molecule has 0 N–H and O–H groups in total. The second-order valence-electron chi connectivity index (χ2n) is 0.574. The molecule has 0 aromatic carbocycles. The molecule has 0 unspecified atom stereocenters. The van der Waals surface area contributed by atoms with Crippen LogP contribution in [0.3, 0.4) is 0 Å². The van der Waals surface area contributed by atoms with E-state index in [4.69, 9.17) is 0 Å². The molecule has 0 rings (SSSR count). The zero-order valence-corrected chi connectivity index (χ0v) is 6.81. The zero-order valence-electron chi connectivity index (χ0n) is 3.88. The summed E-state index contributed by atoms with van der Waals surface area (Å²) in [6, 6.07) is 0. The van der Waals surface area contributed by atoms with Crippen molar-refractivity contribution in [3.05, 3.63) is 6.54 Å². The van der Waals surface area contributed by atoms with Gasteiger partial charge >= 0.3 is 0 Å². The Balaban J connectivity index is 0. The van der Waals surface area contributed by atoms with Crippen LogP contribution < -0.4 is 0 Å². The van der Waals surface area contributed by atoms with Gasteiger partial charge in [-0.2, -0.15) is 6.92 Å². The standard InChI is InChI=1S/C3H7N2.W/c1-3-5-4-2;/h3H,1-2H3;/q-1;. The summed E-state index contributed by atoms with van der Waals surface area (Å²) in [5, 5.41) is 6.90. The van der Waals surface area contributed by atoms with Crippen molar-refractivity contribution in [3.63, 3.8) is 0 Å². The van der Waals surface area contributed by atoms with Gasteiger partial charge in [0.15, 0.2) is 0 Å². The van der Waals surface area contributed by atoms with Crippen molar-refractivity contribution < 1.29 is 21.1 Å². The van der Waals surface area contributed by atoms with E-state index in [1.165, 1.54) is 0 Å². The molecule has 0 fully saturated rings. The molecule has 3 heteroatoms. The maximum atomic E-state index is 3.47. The summed E-state index contributed by atoms with van der Waals surface area (Å²) in [7, 11) is 1.64. The molecule has 0 aromatic rings. The normalized spacial score (nSPS) is 7.67. The van der Waals surface area contributed by atoms with Crippen molar-refractivity contribution >= 4 is 0 Å². The summed E-state index contributed by atoms with van der Waals surface area (Å²) in [4.78, 5) is 0. The Labute approximate surface area is 52.3 Å². The summed E-state index contributed by atoms with van der Waals surface area (Å²) in [5.74, 6) is 0. The molecule has 0 aromatic heterocycles. The van der Waals surface area contributed by atoms with Gasteiger partial charge in [0.1, 0.15) is 0 Å². The van der Waals surface area contributed by atoms with Gasteiger partial charge in [0.05, 0.1) is 0 Å². The Bertz CT molecular complexity index is 35.8. The minimum absolute atomic E-state index is 0. The number of hydrogen-bond acceptors (Lipinski definition) is 2. The third-order valence-electron chi connectivity index (χ3n) is 0.231. The first-order valence-electron chi connectivity index (χ1n) is 1.48. The van der Waals surface area contributed by atoms with Gasteiger partial charge in [-0.3, -0.25) is 6.54 Å². The molecule has 2 nitrogen and oxygen atoms in total. The van der Waals surface area contributed by atoms with Crippen molar-refractivity contribution in [2.45, 2.75) is 6.92 Å². The van der Waals surface area contributed by atoms with Gasteiger partial charge in [-0.25, -0.2) is 5.11 Å². The summed E-state index contributed by atoms with van der Waals surface area (Å²) in [6.45, 7) is 3.47. The molecule has 0 aliphatic rings. The number of nitrogens with zero attached hydrogens (tertiary/aromatic N) is 2. The van der Waals surface area contributed by atoms with E-state index in [-0.39, 0.29) is 21.1 Å². The SMILES string of the molecule is C[CH-]N=NC.[W].